The molecule has 1 atom stereocenters. The smallest absolute Gasteiger partial charge is 0.258 e. The summed E-state index contributed by atoms with van der Waals surface area (Å²) in [6, 6.07) is 6.42. The molecule has 0 aliphatic heterocycles. The zero-order valence-electron chi connectivity index (χ0n) is 7.96. The Morgan fingerprint density at radius 3 is 2.87 bits per heavy atom. The summed E-state index contributed by atoms with van der Waals surface area (Å²) in [4.78, 5) is 10.3. The predicted octanol–water partition coefficient (Wildman–Crippen LogP) is 1.46. The Kier molecular flexibility index (Phi) is 2.37. The number of hydrogen-bond acceptors (Lipinski definition) is 4. The molecular weight excluding hydrogens is 196 g/mol. The van der Waals surface area contributed by atoms with E-state index in [1.165, 1.54) is 0 Å². The van der Waals surface area contributed by atoms with E-state index in [9.17, 15) is 10.1 Å². The number of benzene rings is 1. The van der Waals surface area contributed by atoms with Gasteiger partial charge in [0.05, 0.1) is 0 Å². The molecule has 5 nitrogen and oxygen atoms in total. The zero-order chi connectivity index (χ0) is 10.8. The number of fused-ring (bicyclic) bond motifs is 1. The van der Waals surface area contributed by atoms with Crippen LogP contribution >= 0.6 is 0 Å². The second kappa shape index (κ2) is 3.68. The molecule has 1 aromatic carbocycles. The number of nitrogens with zero attached hydrogens (tertiary/aromatic N) is 2. The standard InChI is InChI=1S/C10H10N2O3/c13-11-10-8-4-2-1-3-7(8)5-6-9(10)12(14)15/h1-4,9,13H,5-6H2/b11-10+. The van der Waals surface area contributed by atoms with E-state index in [0.29, 0.717) is 18.4 Å². The van der Waals surface area contributed by atoms with E-state index in [4.69, 9.17) is 5.21 Å². The van der Waals surface area contributed by atoms with Gasteiger partial charge in [0.25, 0.3) is 6.04 Å². The van der Waals surface area contributed by atoms with Gasteiger partial charge in [0.15, 0.2) is 5.71 Å². The Bertz CT molecular complexity index is 428. The van der Waals surface area contributed by atoms with Crippen molar-refractivity contribution in [1.29, 1.82) is 0 Å². The molecule has 5 heteroatoms. The number of aryl methyl sites for hydroxylation is 1. The minimum absolute atomic E-state index is 0.168. The molecule has 1 aromatic rings. The average molecular weight is 206 g/mol. The van der Waals surface area contributed by atoms with Gasteiger partial charge in [-0.25, -0.2) is 0 Å². The minimum Gasteiger partial charge on any atom is -0.410 e. The molecule has 0 radical (unpaired) electrons. The Labute approximate surface area is 86.2 Å². The molecule has 1 unspecified atom stereocenters. The monoisotopic (exact) mass is 206 g/mol. The topological polar surface area (TPSA) is 75.7 Å². The molecule has 15 heavy (non-hydrogen) atoms. The van der Waals surface area contributed by atoms with Crippen LogP contribution < -0.4 is 0 Å². The molecule has 0 amide bonds. The quantitative estimate of drug-likeness (QED) is 0.429. The number of oxime groups is 1. The van der Waals surface area contributed by atoms with Crippen molar-refractivity contribution in [2.45, 2.75) is 18.9 Å². The van der Waals surface area contributed by atoms with Crippen molar-refractivity contribution in [1.82, 2.24) is 0 Å². The highest BCUT2D eigenvalue weighted by molar-refractivity contribution is 6.05. The molecule has 0 fully saturated rings. The van der Waals surface area contributed by atoms with E-state index in [-0.39, 0.29) is 5.71 Å². The number of rotatable bonds is 1. The van der Waals surface area contributed by atoms with Gasteiger partial charge < -0.3 is 5.21 Å². The molecule has 0 aromatic heterocycles. The zero-order valence-corrected chi connectivity index (χ0v) is 7.96. The van der Waals surface area contributed by atoms with Gasteiger partial charge in [0, 0.05) is 16.9 Å². The van der Waals surface area contributed by atoms with E-state index in [1.807, 2.05) is 12.1 Å². The van der Waals surface area contributed by atoms with Gasteiger partial charge in [0.1, 0.15) is 0 Å². The molecule has 0 saturated carbocycles. The molecule has 0 saturated heterocycles. The Balaban J connectivity index is 2.48. The van der Waals surface area contributed by atoms with Crippen LogP contribution in [0.4, 0.5) is 0 Å². The van der Waals surface area contributed by atoms with Crippen molar-refractivity contribution >= 4 is 5.71 Å². The van der Waals surface area contributed by atoms with Crippen LogP contribution in [0.15, 0.2) is 29.4 Å². The fourth-order valence-corrected chi connectivity index (χ4v) is 1.92. The fraction of sp³-hybridized carbons (Fsp3) is 0.300. The molecule has 1 N–H and O–H groups in total. The lowest BCUT2D eigenvalue weighted by Crippen LogP contribution is -2.35. The first-order valence-electron chi connectivity index (χ1n) is 4.67. The number of hydrogen-bond donors (Lipinski definition) is 1. The summed E-state index contributed by atoms with van der Waals surface area (Å²) in [6.45, 7) is 0. The first-order chi connectivity index (χ1) is 7.24. The lowest BCUT2D eigenvalue weighted by atomic mass is 9.87. The van der Waals surface area contributed by atoms with Gasteiger partial charge in [-0.2, -0.15) is 0 Å². The van der Waals surface area contributed by atoms with Gasteiger partial charge in [-0.1, -0.05) is 29.4 Å². The molecular formula is C10H10N2O3. The normalized spacial score (nSPS) is 22.4. The van der Waals surface area contributed by atoms with Gasteiger partial charge in [0.2, 0.25) is 0 Å². The molecule has 0 heterocycles. The van der Waals surface area contributed by atoms with Gasteiger partial charge >= 0.3 is 0 Å². The predicted molar refractivity (Wildman–Crippen MR) is 53.9 cm³/mol. The summed E-state index contributed by atoms with van der Waals surface area (Å²) in [7, 11) is 0. The SMILES string of the molecule is O=[N+]([O-])C1CCc2ccccc2/C1=N\O. The van der Waals surface area contributed by atoms with E-state index in [1.54, 1.807) is 12.1 Å². The molecule has 1 aliphatic carbocycles. The van der Waals surface area contributed by atoms with Crippen LogP contribution in [-0.4, -0.2) is 21.9 Å². The summed E-state index contributed by atoms with van der Waals surface area (Å²) in [5.41, 5.74) is 1.86. The Hall–Kier alpha value is -1.91. The van der Waals surface area contributed by atoms with Crippen LogP contribution in [0.5, 0.6) is 0 Å². The highest BCUT2D eigenvalue weighted by Gasteiger charge is 2.34. The van der Waals surface area contributed by atoms with Crippen LogP contribution in [0, 0.1) is 10.1 Å². The van der Waals surface area contributed by atoms with E-state index in [2.05, 4.69) is 5.16 Å². The maximum Gasteiger partial charge on any atom is 0.258 e. The largest absolute Gasteiger partial charge is 0.410 e. The van der Waals surface area contributed by atoms with Crippen molar-refractivity contribution in [2.24, 2.45) is 5.16 Å². The van der Waals surface area contributed by atoms with Crippen molar-refractivity contribution in [3.05, 3.63) is 45.5 Å². The van der Waals surface area contributed by atoms with Crippen molar-refractivity contribution in [2.75, 3.05) is 0 Å². The average Bonchev–Trinajstić information content (AvgIpc) is 2.27. The third-order valence-corrected chi connectivity index (χ3v) is 2.66. The Morgan fingerprint density at radius 2 is 2.20 bits per heavy atom. The maximum atomic E-state index is 10.7. The summed E-state index contributed by atoms with van der Waals surface area (Å²) in [5.74, 6) is 0. The second-order valence-corrected chi connectivity index (χ2v) is 3.48. The first kappa shape index (κ1) is 9.64. The molecule has 2 rings (SSSR count). The number of nitro groups is 1. The summed E-state index contributed by atoms with van der Waals surface area (Å²) >= 11 is 0. The minimum atomic E-state index is -0.884. The third kappa shape index (κ3) is 1.56. The van der Waals surface area contributed by atoms with E-state index < -0.39 is 11.0 Å². The molecule has 1 aliphatic rings. The fourth-order valence-electron chi connectivity index (χ4n) is 1.92. The van der Waals surface area contributed by atoms with Crippen LogP contribution in [0.1, 0.15) is 17.5 Å². The van der Waals surface area contributed by atoms with Gasteiger partial charge in [-0.3, -0.25) is 10.1 Å². The molecule has 0 spiro atoms. The van der Waals surface area contributed by atoms with E-state index in [0.717, 1.165) is 5.56 Å². The van der Waals surface area contributed by atoms with Crippen molar-refractivity contribution in [3.8, 4) is 0 Å². The van der Waals surface area contributed by atoms with Gasteiger partial charge in [-0.15, -0.1) is 0 Å². The second-order valence-electron chi connectivity index (χ2n) is 3.48. The van der Waals surface area contributed by atoms with Crippen LogP contribution in [-0.2, 0) is 6.42 Å². The summed E-state index contributed by atoms with van der Waals surface area (Å²) in [6.07, 6.45) is 1.05. The van der Waals surface area contributed by atoms with Gasteiger partial charge in [-0.05, 0) is 12.0 Å². The third-order valence-electron chi connectivity index (χ3n) is 2.66. The lowest BCUT2D eigenvalue weighted by molar-refractivity contribution is -0.503. The van der Waals surface area contributed by atoms with Crippen molar-refractivity contribution < 1.29 is 10.1 Å². The van der Waals surface area contributed by atoms with Crippen LogP contribution in [0.2, 0.25) is 0 Å². The Morgan fingerprint density at radius 1 is 1.47 bits per heavy atom. The highest BCUT2D eigenvalue weighted by Crippen LogP contribution is 2.23. The molecule has 0 bridgehead atoms. The summed E-state index contributed by atoms with van der Waals surface area (Å²) < 4.78 is 0. The van der Waals surface area contributed by atoms with E-state index >= 15 is 0 Å². The molecule has 78 valence electrons. The highest BCUT2D eigenvalue weighted by atomic mass is 16.6. The van der Waals surface area contributed by atoms with Crippen LogP contribution in [0.25, 0.3) is 0 Å². The first-order valence-corrected chi connectivity index (χ1v) is 4.67. The lowest BCUT2D eigenvalue weighted by Gasteiger charge is -2.19. The summed E-state index contributed by atoms with van der Waals surface area (Å²) in [5, 5.41) is 22.7. The van der Waals surface area contributed by atoms with Crippen molar-refractivity contribution in [3.63, 3.8) is 0 Å². The maximum absolute atomic E-state index is 10.7. The van der Waals surface area contributed by atoms with Crippen LogP contribution in [0.3, 0.4) is 0 Å².